The fourth-order valence-electron chi connectivity index (χ4n) is 0.860. The number of alkyl halides is 1. The molecule has 0 heterocycles. The number of ketones is 1. The Morgan fingerprint density at radius 2 is 2.25 bits per heavy atom. The van der Waals surface area contributed by atoms with E-state index in [0.717, 1.165) is 6.07 Å². The Morgan fingerprint density at radius 1 is 1.58 bits per heavy atom. The van der Waals surface area contributed by atoms with Gasteiger partial charge in [0.1, 0.15) is 13.7 Å². The van der Waals surface area contributed by atoms with Crippen molar-refractivity contribution in [3.63, 3.8) is 0 Å². The highest BCUT2D eigenvalue weighted by Crippen LogP contribution is 2.01. The molecule has 0 N–H and O–H groups in total. The Labute approximate surface area is 79.5 Å². The molecule has 0 saturated heterocycles. The largest absolute Gasteiger partial charge is 0.293 e. The summed E-state index contributed by atoms with van der Waals surface area (Å²) in [6.45, 7) is 0. The Balaban J connectivity index is 3.09. The molecule has 60 valence electrons. The van der Waals surface area contributed by atoms with Crippen LogP contribution in [0.5, 0.6) is 0 Å². The smallest absolute Gasteiger partial charge is 0.172 e. The normalized spacial score (nSPS) is 9.83. The first-order valence-electron chi connectivity index (χ1n) is 3.29. The van der Waals surface area contributed by atoms with E-state index in [9.17, 15) is 9.18 Å². The average molecular weight is 227 g/mol. The van der Waals surface area contributed by atoms with Gasteiger partial charge in [0.05, 0.1) is 5.33 Å². The molecule has 1 aromatic rings. The molecule has 0 atom stereocenters. The molecule has 0 amide bonds. The molecule has 2 radical (unpaired) electrons. The number of Topliss-reactive ketones (excluding diaryl/α,β-unsaturated/α-hetero) is 1. The molecule has 0 aromatic heterocycles. The van der Waals surface area contributed by atoms with Gasteiger partial charge in [-0.1, -0.05) is 21.4 Å². The van der Waals surface area contributed by atoms with Crippen molar-refractivity contribution in [3.8, 4) is 0 Å². The third kappa shape index (κ3) is 1.94. The van der Waals surface area contributed by atoms with E-state index in [0.29, 0.717) is 5.56 Å². The summed E-state index contributed by atoms with van der Waals surface area (Å²) in [5.74, 6) is -0.578. The lowest BCUT2D eigenvalue weighted by atomic mass is 9.89. The van der Waals surface area contributed by atoms with Gasteiger partial charge in [-0.25, -0.2) is 4.39 Å². The van der Waals surface area contributed by atoms with E-state index in [1.807, 2.05) is 0 Å². The maximum absolute atomic E-state index is 12.5. The summed E-state index contributed by atoms with van der Waals surface area (Å²) in [5.41, 5.74) is 0.535. The van der Waals surface area contributed by atoms with Crippen molar-refractivity contribution in [3.05, 3.63) is 29.6 Å². The zero-order valence-corrected chi connectivity index (χ0v) is 7.77. The van der Waals surface area contributed by atoms with Gasteiger partial charge in [-0.05, 0) is 18.2 Å². The van der Waals surface area contributed by atoms with Gasteiger partial charge in [-0.15, -0.1) is 0 Å². The lowest BCUT2D eigenvalue weighted by molar-refractivity contribution is 0.102. The Kier molecular flexibility index (Phi) is 3.03. The monoisotopic (exact) mass is 226 g/mol. The zero-order chi connectivity index (χ0) is 9.14. The van der Waals surface area contributed by atoms with E-state index < -0.39 is 5.82 Å². The highest BCUT2D eigenvalue weighted by Gasteiger charge is 2.06. The van der Waals surface area contributed by atoms with Crippen molar-refractivity contribution in [1.82, 2.24) is 0 Å². The van der Waals surface area contributed by atoms with E-state index in [1.54, 1.807) is 0 Å². The van der Waals surface area contributed by atoms with Crippen LogP contribution in [0.1, 0.15) is 10.4 Å². The molecular formula is C8H5BBrFO. The molecule has 0 spiro atoms. The standard InChI is InChI=1S/C8H5BBrFO/c9-7-3-5(11)1-2-6(7)8(12)4-10/h1-3H,4H2. The summed E-state index contributed by atoms with van der Waals surface area (Å²) in [5, 5.41) is 0.197. The number of hydrogen-bond acceptors (Lipinski definition) is 1. The predicted octanol–water partition coefficient (Wildman–Crippen LogP) is 1.20. The minimum atomic E-state index is -0.432. The molecule has 1 nitrogen and oxygen atoms in total. The summed E-state index contributed by atoms with van der Waals surface area (Å²) in [6.07, 6.45) is 0. The van der Waals surface area contributed by atoms with E-state index in [1.165, 1.54) is 12.1 Å². The summed E-state index contributed by atoms with van der Waals surface area (Å²) in [6, 6.07) is 3.73. The van der Waals surface area contributed by atoms with Crippen molar-refractivity contribution < 1.29 is 9.18 Å². The minimum absolute atomic E-state index is 0.146. The van der Waals surface area contributed by atoms with Gasteiger partial charge in [0.2, 0.25) is 0 Å². The first-order valence-corrected chi connectivity index (χ1v) is 4.41. The molecule has 1 aromatic carbocycles. The molecule has 0 unspecified atom stereocenters. The van der Waals surface area contributed by atoms with Crippen LogP contribution < -0.4 is 5.46 Å². The maximum Gasteiger partial charge on any atom is 0.172 e. The maximum atomic E-state index is 12.5. The second-order valence-electron chi connectivity index (χ2n) is 2.29. The first kappa shape index (κ1) is 9.45. The lowest BCUT2D eigenvalue weighted by Gasteiger charge is -2.01. The van der Waals surface area contributed by atoms with Gasteiger partial charge in [0, 0.05) is 5.56 Å². The molecule has 0 fully saturated rings. The fraction of sp³-hybridized carbons (Fsp3) is 0.125. The molecule has 0 saturated carbocycles. The van der Waals surface area contributed by atoms with E-state index in [2.05, 4.69) is 15.9 Å². The average Bonchev–Trinajstić information content (AvgIpc) is 2.03. The first-order chi connectivity index (χ1) is 5.65. The van der Waals surface area contributed by atoms with Crippen LogP contribution in [-0.4, -0.2) is 19.0 Å². The highest BCUT2D eigenvalue weighted by atomic mass is 79.9. The predicted molar refractivity (Wildman–Crippen MR) is 49.9 cm³/mol. The Hall–Kier alpha value is -0.635. The zero-order valence-electron chi connectivity index (χ0n) is 6.18. The topological polar surface area (TPSA) is 17.1 Å². The van der Waals surface area contributed by atoms with Crippen LogP contribution in [0.4, 0.5) is 4.39 Å². The van der Waals surface area contributed by atoms with Crippen LogP contribution in [0.15, 0.2) is 18.2 Å². The van der Waals surface area contributed by atoms with Crippen molar-refractivity contribution >= 4 is 35.0 Å². The van der Waals surface area contributed by atoms with Crippen LogP contribution in [-0.2, 0) is 0 Å². The van der Waals surface area contributed by atoms with E-state index in [-0.39, 0.29) is 16.6 Å². The number of benzene rings is 1. The van der Waals surface area contributed by atoms with Crippen molar-refractivity contribution in [2.75, 3.05) is 5.33 Å². The summed E-state index contributed by atoms with van der Waals surface area (Å²) in [4.78, 5) is 11.1. The summed E-state index contributed by atoms with van der Waals surface area (Å²) < 4.78 is 12.5. The van der Waals surface area contributed by atoms with Crippen LogP contribution in [0.25, 0.3) is 0 Å². The molecule has 0 bridgehead atoms. The van der Waals surface area contributed by atoms with Gasteiger partial charge in [0.25, 0.3) is 0 Å². The van der Waals surface area contributed by atoms with Gasteiger partial charge < -0.3 is 0 Å². The summed E-state index contributed by atoms with van der Waals surface area (Å²) >= 11 is 3.01. The van der Waals surface area contributed by atoms with Gasteiger partial charge in [-0.3, -0.25) is 4.79 Å². The fourth-order valence-corrected chi connectivity index (χ4v) is 1.16. The SMILES string of the molecule is [B]c1cc(F)ccc1C(=O)CBr. The van der Waals surface area contributed by atoms with Crippen molar-refractivity contribution in [2.45, 2.75) is 0 Å². The molecule has 0 aliphatic rings. The molecule has 0 aliphatic heterocycles. The van der Waals surface area contributed by atoms with Crippen LogP contribution in [0.3, 0.4) is 0 Å². The number of hydrogen-bond donors (Lipinski definition) is 0. The minimum Gasteiger partial charge on any atom is -0.293 e. The second-order valence-corrected chi connectivity index (χ2v) is 2.85. The summed E-state index contributed by atoms with van der Waals surface area (Å²) in [7, 11) is 5.42. The second kappa shape index (κ2) is 3.85. The molecule has 4 heteroatoms. The molecule has 1 rings (SSSR count). The highest BCUT2D eigenvalue weighted by molar-refractivity contribution is 9.09. The molecular weight excluding hydrogens is 222 g/mol. The van der Waals surface area contributed by atoms with Crippen LogP contribution in [0.2, 0.25) is 0 Å². The van der Waals surface area contributed by atoms with Crippen LogP contribution >= 0.6 is 15.9 Å². The third-order valence-corrected chi connectivity index (χ3v) is 1.94. The number of halogens is 2. The van der Waals surface area contributed by atoms with Gasteiger partial charge in [-0.2, -0.15) is 0 Å². The van der Waals surface area contributed by atoms with E-state index in [4.69, 9.17) is 7.85 Å². The Morgan fingerprint density at radius 3 is 2.75 bits per heavy atom. The number of rotatable bonds is 2. The van der Waals surface area contributed by atoms with Crippen LogP contribution in [0, 0.1) is 5.82 Å². The van der Waals surface area contributed by atoms with Gasteiger partial charge >= 0.3 is 0 Å². The molecule has 12 heavy (non-hydrogen) atoms. The number of carbonyl (C=O) groups excluding carboxylic acids is 1. The van der Waals surface area contributed by atoms with Gasteiger partial charge in [0.15, 0.2) is 5.78 Å². The lowest BCUT2D eigenvalue weighted by Crippen LogP contribution is -2.16. The van der Waals surface area contributed by atoms with E-state index >= 15 is 0 Å². The quantitative estimate of drug-likeness (QED) is 0.421. The van der Waals surface area contributed by atoms with Crippen molar-refractivity contribution in [1.29, 1.82) is 0 Å². The van der Waals surface area contributed by atoms with Crippen molar-refractivity contribution in [2.24, 2.45) is 0 Å². The number of carbonyl (C=O) groups is 1. The third-order valence-electron chi connectivity index (χ3n) is 1.44. The Bertz CT molecular complexity index is 314. The molecule has 0 aliphatic carbocycles.